The molecule has 1 aromatic heterocycles. The van der Waals surface area contributed by atoms with Crippen molar-refractivity contribution in [3.05, 3.63) is 41.7 Å². The van der Waals surface area contributed by atoms with Crippen molar-refractivity contribution in [3.8, 4) is 11.5 Å². The smallest absolute Gasteiger partial charge is 0.231 e. The van der Waals surface area contributed by atoms with E-state index in [0.29, 0.717) is 6.79 Å². The van der Waals surface area contributed by atoms with Crippen LogP contribution in [0.1, 0.15) is 43.7 Å². The molecule has 128 valence electrons. The van der Waals surface area contributed by atoms with Crippen molar-refractivity contribution < 1.29 is 9.47 Å². The third kappa shape index (κ3) is 3.00. The number of aryl methyl sites for hydroxylation is 1. The van der Waals surface area contributed by atoms with E-state index in [1.54, 1.807) is 0 Å². The van der Waals surface area contributed by atoms with Gasteiger partial charge in [0, 0.05) is 37.4 Å². The molecule has 0 spiro atoms. The Morgan fingerprint density at radius 2 is 1.88 bits per heavy atom. The lowest BCUT2D eigenvalue weighted by Gasteiger charge is -2.38. The normalized spacial score (nSPS) is 18.5. The molecular formula is C19H25N3O2. The van der Waals surface area contributed by atoms with E-state index in [4.69, 9.17) is 9.47 Å². The summed E-state index contributed by atoms with van der Waals surface area (Å²) in [4.78, 5) is 2.61. The molecule has 0 N–H and O–H groups in total. The molecule has 0 amide bonds. The predicted octanol–water partition coefficient (Wildman–Crippen LogP) is 3.48. The van der Waals surface area contributed by atoms with Crippen LogP contribution in [0.3, 0.4) is 0 Å². The first-order chi connectivity index (χ1) is 11.6. The third-order valence-corrected chi connectivity index (χ3v) is 5.39. The summed E-state index contributed by atoms with van der Waals surface area (Å²) < 4.78 is 12.8. The molecule has 2 aromatic rings. The summed E-state index contributed by atoms with van der Waals surface area (Å²) in [6, 6.07) is 6.30. The highest BCUT2D eigenvalue weighted by Gasteiger charge is 2.35. The van der Waals surface area contributed by atoms with Crippen LogP contribution >= 0.6 is 0 Å². The fraction of sp³-hybridized carbons (Fsp3) is 0.526. The minimum atomic E-state index is 0.256. The topological polar surface area (TPSA) is 39.5 Å². The highest BCUT2D eigenvalue weighted by atomic mass is 16.7. The Kier molecular flexibility index (Phi) is 3.96. The van der Waals surface area contributed by atoms with Crippen LogP contribution in [-0.4, -0.2) is 27.0 Å². The van der Waals surface area contributed by atoms with E-state index in [0.717, 1.165) is 24.6 Å². The molecule has 0 atom stereocenters. The number of nitrogens with zero attached hydrogens (tertiary/aromatic N) is 3. The molecule has 2 heterocycles. The van der Waals surface area contributed by atoms with Gasteiger partial charge in [-0.2, -0.15) is 5.10 Å². The second kappa shape index (κ2) is 6.13. The molecule has 1 aromatic carbocycles. The summed E-state index contributed by atoms with van der Waals surface area (Å²) in [6.07, 6.45) is 9.26. The highest BCUT2D eigenvalue weighted by molar-refractivity contribution is 5.44. The van der Waals surface area contributed by atoms with E-state index < -0.39 is 0 Å². The summed E-state index contributed by atoms with van der Waals surface area (Å²) >= 11 is 0. The first kappa shape index (κ1) is 15.5. The molecule has 0 bridgehead atoms. The fourth-order valence-electron chi connectivity index (χ4n) is 3.92. The molecule has 1 aliphatic carbocycles. The molecule has 1 fully saturated rings. The molecule has 1 aliphatic heterocycles. The van der Waals surface area contributed by atoms with Crippen LogP contribution in [0.15, 0.2) is 30.6 Å². The van der Waals surface area contributed by atoms with Crippen molar-refractivity contribution in [1.82, 2.24) is 14.7 Å². The maximum absolute atomic E-state index is 5.54. The standard InChI is InChI=1S/C19H25N3O2/c1-19(7-3-4-8-19)22(13-16-10-20-21(2)11-16)12-15-5-6-17-18(9-15)24-14-23-17/h5-6,9-11H,3-4,7-8,12-14H2,1-2H3. The van der Waals surface area contributed by atoms with Crippen molar-refractivity contribution in [2.75, 3.05) is 6.79 Å². The van der Waals surface area contributed by atoms with Crippen LogP contribution in [0.25, 0.3) is 0 Å². The number of fused-ring (bicyclic) bond motifs is 1. The van der Waals surface area contributed by atoms with Crippen LogP contribution < -0.4 is 9.47 Å². The zero-order chi connectivity index (χ0) is 16.6. The van der Waals surface area contributed by atoms with Crippen molar-refractivity contribution >= 4 is 0 Å². The van der Waals surface area contributed by atoms with Crippen LogP contribution in [0, 0.1) is 0 Å². The number of hydrogen-bond donors (Lipinski definition) is 0. The number of aromatic nitrogens is 2. The summed E-state index contributed by atoms with van der Waals surface area (Å²) in [6.45, 7) is 4.58. The lowest BCUT2D eigenvalue weighted by molar-refractivity contribution is 0.0911. The lowest BCUT2D eigenvalue weighted by atomic mass is 9.96. The molecule has 5 nitrogen and oxygen atoms in total. The Morgan fingerprint density at radius 3 is 2.62 bits per heavy atom. The van der Waals surface area contributed by atoms with E-state index in [1.165, 1.54) is 36.8 Å². The van der Waals surface area contributed by atoms with Gasteiger partial charge in [0.05, 0.1) is 6.20 Å². The van der Waals surface area contributed by atoms with E-state index in [9.17, 15) is 0 Å². The summed E-state index contributed by atoms with van der Waals surface area (Å²) in [5, 5.41) is 4.33. The van der Waals surface area contributed by atoms with Crippen LogP contribution in [0.4, 0.5) is 0 Å². The first-order valence-corrected chi connectivity index (χ1v) is 8.73. The van der Waals surface area contributed by atoms with Gasteiger partial charge in [-0.15, -0.1) is 0 Å². The van der Waals surface area contributed by atoms with Gasteiger partial charge < -0.3 is 9.47 Å². The zero-order valence-corrected chi connectivity index (χ0v) is 14.5. The van der Waals surface area contributed by atoms with Gasteiger partial charge in [-0.05, 0) is 37.5 Å². The molecule has 0 unspecified atom stereocenters. The SMILES string of the molecule is Cn1cc(CN(Cc2ccc3c(c2)OCO3)C2(C)CCCC2)cn1. The predicted molar refractivity (Wildman–Crippen MR) is 91.9 cm³/mol. The molecule has 0 saturated heterocycles. The summed E-state index contributed by atoms with van der Waals surface area (Å²) in [5.74, 6) is 1.72. The fourth-order valence-corrected chi connectivity index (χ4v) is 3.92. The number of hydrogen-bond acceptors (Lipinski definition) is 4. The maximum atomic E-state index is 5.54. The van der Waals surface area contributed by atoms with Crippen LogP contribution in [0.5, 0.6) is 11.5 Å². The quantitative estimate of drug-likeness (QED) is 0.843. The Bertz CT molecular complexity index is 719. The molecule has 5 heteroatoms. The van der Waals surface area contributed by atoms with Gasteiger partial charge in [-0.3, -0.25) is 9.58 Å². The van der Waals surface area contributed by atoms with E-state index >= 15 is 0 Å². The maximum Gasteiger partial charge on any atom is 0.231 e. The number of rotatable bonds is 5. The average Bonchev–Trinajstić information content (AvgIpc) is 3.28. The van der Waals surface area contributed by atoms with Crippen molar-refractivity contribution in [2.45, 2.75) is 51.2 Å². The number of benzene rings is 1. The Hall–Kier alpha value is -2.01. The van der Waals surface area contributed by atoms with Gasteiger partial charge in [-0.1, -0.05) is 18.9 Å². The zero-order valence-electron chi connectivity index (χ0n) is 14.5. The van der Waals surface area contributed by atoms with Gasteiger partial charge in [0.15, 0.2) is 11.5 Å². The summed E-state index contributed by atoms with van der Waals surface area (Å²) in [7, 11) is 1.98. The van der Waals surface area contributed by atoms with Gasteiger partial charge in [0.1, 0.15) is 0 Å². The summed E-state index contributed by atoms with van der Waals surface area (Å²) in [5.41, 5.74) is 2.80. The molecule has 2 aliphatic rings. The van der Waals surface area contributed by atoms with Gasteiger partial charge in [0.2, 0.25) is 6.79 Å². The number of ether oxygens (including phenoxy) is 2. The lowest BCUT2D eigenvalue weighted by Crippen LogP contribution is -2.43. The molecule has 1 saturated carbocycles. The minimum absolute atomic E-state index is 0.256. The third-order valence-electron chi connectivity index (χ3n) is 5.39. The Balaban J connectivity index is 1.57. The van der Waals surface area contributed by atoms with E-state index in [1.807, 2.05) is 24.0 Å². The van der Waals surface area contributed by atoms with Gasteiger partial charge >= 0.3 is 0 Å². The first-order valence-electron chi connectivity index (χ1n) is 8.73. The van der Waals surface area contributed by atoms with Crippen molar-refractivity contribution in [3.63, 3.8) is 0 Å². The Morgan fingerprint density at radius 1 is 1.12 bits per heavy atom. The van der Waals surface area contributed by atoms with Crippen LogP contribution in [-0.2, 0) is 20.1 Å². The monoisotopic (exact) mass is 327 g/mol. The molecule has 0 radical (unpaired) electrons. The molecular weight excluding hydrogens is 302 g/mol. The van der Waals surface area contributed by atoms with Crippen molar-refractivity contribution in [1.29, 1.82) is 0 Å². The van der Waals surface area contributed by atoms with Gasteiger partial charge in [-0.25, -0.2) is 0 Å². The molecule has 24 heavy (non-hydrogen) atoms. The van der Waals surface area contributed by atoms with Crippen molar-refractivity contribution in [2.24, 2.45) is 7.05 Å². The second-order valence-corrected chi connectivity index (χ2v) is 7.27. The molecule has 4 rings (SSSR count). The minimum Gasteiger partial charge on any atom is -0.454 e. The van der Waals surface area contributed by atoms with E-state index in [-0.39, 0.29) is 5.54 Å². The second-order valence-electron chi connectivity index (χ2n) is 7.27. The van der Waals surface area contributed by atoms with Gasteiger partial charge in [0.25, 0.3) is 0 Å². The van der Waals surface area contributed by atoms with E-state index in [2.05, 4.69) is 35.3 Å². The Labute approximate surface area is 143 Å². The average molecular weight is 327 g/mol. The largest absolute Gasteiger partial charge is 0.454 e. The highest BCUT2D eigenvalue weighted by Crippen LogP contribution is 2.38. The van der Waals surface area contributed by atoms with Crippen LogP contribution in [0.2, 0.25) is 0 Å².